The van der Waals surface area contributed by atoms with E-state index in [1.807, 2.05) is 19.9 Å². The van der Waals surface area contributed by atoms with Crippen LogP contribution in [0.15, 0.2) is 30.3 Å². The first-order valence-electron chi connectivity index (χ1n) is 10.3. The molecular weight excluding hydrogens is 364 g/mol. The van der Waals surface area contributed by atoms with Crippen molar-refractivity contribution < 1.29 is 4.79 Å². The van der Waals surface area contributed by atoms with Gasteiger partial charge in [-0.05, 0) is 57.4 Å². The number of aromatic nitrogens is 4. The van der Waals surface area contributed by atoms with Crippen molar-refractivity contribution in [3.05, 3.63) is 58.7 Å². The predicted molar refractivity (Wildman–Crippen MR) is 112 cm³/mol. The standard InChI is InChI=1S/C22H28N6O/c1-15-12-17(3)28-22(24-15)25-20(26-28)21(29)23-13-18-7-9-19(10-8-18)14-27-11-5-4-6-16(27)2/h7-10,12,16H,4-6,11,13-14H2,1-3H3,(H,23,29). The molecule has 3 aromatic rings. The number of hydrogen-bond acceptors (Lipinski definition) is 5. The number of likely N-dealkylation sites (tertiary alicyclic amines) is 1. The fourth-order valence-corrected chi connectivity index (χ4v) is 3.91. The molecule has 7 nitrogen and oxygen atoms in total. The first-order valence-corrected chi connectivity index (χ1v) is 10.3. The third-order valence-electron chi connectivity index (χ3n) is 5.62. The smallest absolute Gasteiger partial charge is 0.291 e. The molecule has 1 fully saturated rings. The minimum Gasteiger partial charge on any atom is -0.345 e. The van der Waals surface area contributed by atoms with Crippen LogP contribution in [0.1, 0.15) is 59.3 Å². The highest BCUT2D eigenvalue weighted by Crippen LogP contribution is 2.19. The molecule has 152 valence electrons. The summed E-state index contributed by atoms with van der Waals surface area (Å²) in [6.45, 7) is 8.75. The van der Waals surface area contributed by atoms with Crippen molar-refractivity contribution in [3.8, 4) is 0 Å². The van der Waals surface area contributed by atoms with Gasteiger partial charge in [0.2, 0.25) is 5.82 Å². The van der Waals surface area contributed by atoms with Gasteiger partial charge in [-0.3, -0.25) is 9.69 Å². The summed E-state index contributed by atoms with van der Waals surface area (Å²) in [7, 11) is 0. The number of nitrogens with one attached hydrogen (secondary N) is 1. The second-order valence-corrected chi connectivity index (χ2v) is 8.00. The number of amides is 1. The SMILES string of the molecule is Cc1cc(C)n2nc(C(=O)NCc3ccc(CN4CCCCC4C)cc3)nc2n1. The van der Waals surface area contributed by atoms with Crippen LogP contribution in [0.4, 0.5) is 0 Å². The summed E-state index contributed by atoms with van der Waals surface area (Å²) in [5.41, 5.74) is 4.13. The third kappa shape index (κ3) is 4.45. The van der Waals surface area contributed by atoms with E-state index < -0.39 is 0 Å². The normalized spacial score (nSPS) is 17.6. The quantitative estimate of drug-likeness (QED) is 0.722. The van der Waals surface area contributed by atoms with Gasteiger partial charge in [0.05, 0.1) is 0 Å². The lowest BCUT2D eigenvalue weighted by Gasteiger charge is -2.33. The molecule has 1 aliphatic rings. The van der Waals surface area contributed by atoms with E-state index in [2.05, 4.69) is 56.5 Å². The van der Waals surface area contributed by atoms with E-state index >= 15 is 0 Å². The largest absolute Gasteiger partial charge is 0.345 e. The lowest BCUT2D eigenvalue weighted by molar-refractivity contribution is 0.0940. The van der Waals surface area contributed by atoms with Gasteiger partial charge in [-0.15, -0.1) is 5.10 Å². The summed E-state index contributed by atoms with van der Waals surface area (Å²) in [6.07, 6.45) is 3.92. The highest BCUT2D eigenvalue weighted by molar-refractivity contribution is 5.90. The Morgan fingerprint density at radius 1 is 1.14 bits per heavy atom. The number of aryl methyl sites for hydroxylation is 2. The van der Waals surface area contributed by atoms with Gasteiger partial charge < -0.3 is 5.32 Å². The van der Waals surface area contributed by atoms with Crippen molar-refractivity contribution in [1.29, 1.82) is 0 Å². The molecule has 0 saturated carbocycles. The zero-order chi connectivity index (χ0) is 20.4. The average molecular weight is 393 g/mol. The van der Waals surface area contributed by atoms with E-state index in [0.717, 1.165) is 23.5 Å². The Labute approximate surface area is 171 Å². The number of fused-ring (bicyclic) bond motifs is 1. The lowest BCUT2D eigenvalue weighted by atomic mass is 10.0. The Balaban J connectivity index is 1.36. The number of piperidine rings is 1. The van der Waals surface area contributed by atoms with E-state index in [9.17, 15) is 4.79 Å². The van der Waals surface area contributed by atoms with Gasteiger partial charge in [0.25, 0.3) is 11.7 Å². The van der Waals surface area contributed by atoms with Crippen molar-refractivity contribution in [2.75, 3.05) is 6.54 Å². The Bertz CT molecular complexity index is 1010. The monoisotopic (exact) mass is 392 g/mol. The number of nitrogens with zero attached hydrogens (tertiary/aromatic N) is 5. The number of hydrogen-bond donors (Lipinski definition) is 1. The summed E-state index contributed by atoms with van der Waals surface area (Å²) >= 11 is 0. The molecule has 4 rings (SSSR count). The van der Waals surface area contributed by atoms with E-state index in [0.29, 0.717) is 18.4 Å². The summed E-state index contributed by atoms with van der Waals surface area (Å²) in [5, 5.41) is 7.18. The van der Waals surface area contributed by atoms with Crippen LogP contribution in [0.25, 0.3) is 5.78 Å². The van der Waals surface area contributed by atoms with Gasteiger partial charge >= 0.3 is 0 Å². The third-order valence-corrected chi connectivity index (χ3v) is 5.62. The average Bonchev–Trinajstić information content (AvgIpc) is 3.13. The second-order valence-electron chi connectivity index (χ2n) is 8.00. The molecule has 1 unspecified atom stereocenters. The van der Waals surface area contributed by atoms with Gasteiger partial charge in [-0.1, -0.05) is 30.7 Å². The van der Waals surface area contributed by atoms with E-state index in [1.165, 1.54) is 31.4 Å². The molecular formula is C22H28N6O. The molecule has 0 spiro atoms. The van der Waals surface area contributed by atoms with Crippen LogP contribution in [0.3, 0.4) is 0 Å². The van der Waals surface area contributed by atoms with Gasteiger partial charge in [-0.25, -0.2) is 9.50 Å². The highest BCUT2D eigenvalue weighted by atomic mass is 16.2. The minimum absolute atomic E-state index is 0.141. The van der Waals surface area contributed by atoms with Crippen molar-refractivity contribution in [2.45, 2.75) is 59.2 Å². The molecule has 0 bridgehead atoms. The molecule has 1 saturated heterocycles. The number of rotatable bonds is 5. The van der Waals surface area contributed by atoms with Gasteiger partial charge in [0.15, 0.2) is 0 Å². The molecule has 1 atom stereocenters. The first kappa shape index (κ1) is 19.5. The van der Waals surface area contributed by atoms with Crippen LogP contribution in [-0.2, 0) is 13.1 Å². The Morgan fingerprint density at radius 2 is 1.90 bits per heavy atom. The Morgan fingerprint density at radius 3 is 2.66 bits per heavy atom. The van der Waals surface area contributed by atoms with Crippen molar-refractivity contribution in [1.82, 2.24) is 29.8 Å². The highest BCUT2D eigenvalue weighted by Gasteiger charge is 2.18. The number of benzene rings is 1. The van der Waals surface area contributed by atoms with Crippen LogP contribution in [0.5, 0.6) is 0 Å². The predicted octanol–water partition coefficient (Wildman–Crippen LogP) is 3.05. The molecule has 3 heterocycles. The zero-order valence-corrected chi connectivity index (χ0v) is 17.4. The van der Waals surface area contributed by atoms with Crippen LogP contribution >= 0.6 is 0 Å². The summed E-state index contributed by atoms with van der Waals surface area (Å²) in [6, 6.07) is 11.0. The summed E-state index contributed by atoms with van der Waals surface area (Å²) < 4.78 is 1.60. The maximum absolute atomic E-state index is 12.5. The Kier molecular flexibility index (Phi) is 5.58. The Hall–Kier alpha value is -2.80. The van der Waals surface area contributed by atoms with Crippen LogP contribution < -0.4 is 5.32 Å². The second kappa shape index (κ2) is 8.29. The molecule has 1 aliphatic heterocycles. The number of carbonyl (C=O) groups excluding carboxylic acids is 1. The number of carbonyl (C=O) groups is 1. The molecule has 2 aromatic heterocycles. The molecule has 1 amide bonds. The maximum atomic E-state index is 12.5. The van der Waals surface area contributed by atoms with Crippen molar-refractivity contribution in [2.24, 2.45) is 0 Å². The van der Waals surface area contributed by atoms with Crippen molar-refractivity contribution >= 4 is 11.7 Å². The molecule has 7 heteroatoms. The van der Waals surface area contributed by atoms with Gasteiger partial charge in [0.1, 0.15) is 0 Å². The van der Waals surface area contributed by atoms with E-state index in [-0.39, 0.29) is 11.7 Å². The van der Waals surface area contributed by atoms with Gasteiger partial charge in [-0.2, -0.15) is 4.98 Å². The molecule has 0 radical (unpaired) electrons. The van der Waals surface area contributed by atoms with Gasteiger partial charge in [0, 0.05) is 30.5 Å². The minimum atomic E-state index is -0.293. The maximum Gasteiger partial charge on any atom is 0.291 e. The molecule has 1 aromatic carbocycles. The lowest BCUT2D eigenvalue weighted by Crippen LogP contribution is -2.36. The molecule has 29 heavy (non-hydrogen) atoms. The zero-order valence-electron chi connectivity index (χ0n) is 17.4. The fraction of sp³-hybridized carbons (Fsp3) is 0.455. The first-order chi connectivity index (χ1) is 14.0. The fourth-order valence-electron chi connectivity index (χ4n) is 3.91. The van der Waals surface area contributed by atoms with Crippen LogP contribution in [0, 0.1) is 13.8 Å². The summed E-state index contributed by atoms with van der Waals surface area (Å²) in [4.78, 5) is 23.6. The topological polar surface area (TPSA) is 75.4 Å². The van der Waals surface area contributed by atoms with E-state index in [4.69, 9.17) is 0 Å². The van der Waals surface area contributed by atoms with Crippen molar-refractivity contribution in [3.63, 3.8) is 0 Å². The molecule has 1 N–H and O–H groups in total. The van der Waals surface area contributed by atoms with Crippen LogP contribution in [0.2, 0.25) is 0 Å². The molecule has 0 aliphatic carbocycles. The summed E-state index contributed by atoms with van der Waals surface area (Å²) in [5.74, 6) is 0.296. The van der Waals surface area contributed by atoms with Crippen LogP contribution in [-0.4, -0.2) is 43.0 Å². The van der Waals surface area contributed by atoms with E-state index in [1.54, 1.807) is 4.52 Å².